The summed E-state index contributed by atoms with van der Waals surface area (Å²) in [6, 6.07) is 17.4. The van der Waals surface area contributed by atoms with Crippen molar-refractivity contribution in [1.82, 2.24) is 4.90 Å². The number of amidine groups is 1. The number of carbonyl (C=O) groups excluding carboxylic acids is 2. The molecule has 174 valence electrons. The minimum atomic E-state index is -0.722. The molecule has 0 radical (unpaired) electrons. The van der Waals surface area contributed by atoms with Crippen LogP contribution in [0.2, 0.25) is 15.1 Å². The highest BCUT2D eigenvalue weighted by molar-refractivity contribution is 8.15. The average molecular weight is 537 g/mol. The highest BCUT2D eigenvalue weighted by atomic mass is 35.5. The molecular weight excluding hydrogens is 520 g/mol. The van der Waals surface area contributed by atoms with E-state index < -0.39 is 5.25 Å². The number of hydrogen-bond acceptors (Lipinski definition) is 4. The lowest BCUT2D eigenvalue weighted by Gasteiger charge is -2.32. The number of rotatable bonds is 5. The van der Waals surface area contributed by atoms with Crippen molar-refractivity contribution in [2.45, 2.75) is 18.2 Å². The number of aliphatic imine (C=N–C) groups is 1. The van der Waals surface area contributed by atoms with Crippen molar-refractivity contribution in [3.05, 3.63) is 93.2 Å². The average Bonchev–Trinajstić information content (AvgIpc) is 2.78. The molecule has 1 fully saturated rings. The van der Waals surface area contributed by atoms with Gasteiger partial charge in [0.05, 0.1) is 12.2 Å². The van der Waals surface area contributed by atoms with E-state index in [0.717, 1.165) is 5.56 Å². The molecule has 1 heterocycles. The van der Waals surface area contributed by atoms with Gasteiger partial charge < -0.3 is 5.32 Å². The van der Waals surface area contributed by atoms with Crippen LogP contribution in [0.15, 0.2) is 71.7 Å². The quantitative estimate of drug-likeness (QED) is 0.384. The van der Waals surface area contributed by atoms with E-state index in [-0.39, 0.29) is 30.6 Å². The Balaban J connectivity index is 1.60. The number of anilines is 1. The fourth-order valence-corrected chi connectivity index (χ4v) is 4.99. The van der Waals surface area contributed by atoms with E-state index in [9.17, 15) is 14.0 Å². The van der Waals surface area contributed by atoms with Crippen LogP contribution in [0.4, 0.5) is 15.8 Å². The normalized spacial score (nSPS) is 17.2. The number of thioether (sulfide) groups is 1. The van der Waals surface area contributed by atoms with Crippen molar-refractivity contribution < 1.29 is 14.0 Å². The summed E-state index contributed by atoms with van der Waals surface area (Å²) in [5.41, 5.74) is 1.74. The van der Waals surface area contributed by atoms with E-state index >= 15 is 0 Å². The van der Waals surface area contributed by atoms with Gasteiger partial charge >= 0.3 is 0 Å². The Bertz CT molecular complexity index is 1230. The minimum absolute atomic E-state index is 0.0361. The van der Waals surface area contributed by atoms with Crippen LogP contribution in [-0.2, 0) is 16.1 Å². The molecule has 0 aromatic heterocycles. The summed E-state index contributed by atoms with van der Waals surface area (Å²) in [4.78, 5) is 32.2. The van der Waals surface area contributed by atoms with Gasteiger partial charge in [-0.1, -0.05) is 58.7 Å². The predicted octanol–water partition coefficient (Wildman–Crippen LogP) is 6.95. The maximum atomic E-state index is 13.3. The zero-order valence-corrected chi connectivity index (χ0v) is 20.6. The number of halogens is 4. The van der Waals surface area contributed by atoms with Gasteiger partial charge in [0.15, 0.2) is 5.17 Å². The Morgan fingerprint density at radius 2 is 1.65 bits per heavy atom. The standard InChI is InChI=1S/C24H17Cl3FN3O2S/c25-15-3-7-19(8-4-15)30-24-31(13-14-1-5-18(28)6-2-14)22(32)12-21(34-24)23(33)29-20-10-16(26)9-17(27)11-20/h1-11,21H,12-13H2,(H,29,33). The van der Waals surface area contributed by atoms with Gasteiger partial charge in [0.2, 0.25) is 11.8 Å². The van der Waals surface area contributed by atoms with Gasteiger partial charge in [-0.2, -0.15) is 0 Å². The minimum Gasteiger partial charge on any atom is -0.325 e. The van der Waals surface area contributed by atoms with E-state index in [1.807, 2.05) is 0 Å². The van der Waals surface area contributed by atoms with E-state index in [1.165, 1.54) is 28.8 Å². The first-order valence-electron chi connectivity index (χ1n) is 10.1. The lowest BCUT2D eigenvalue weighted by Crippen LogP contribution is -2.44. The maximum absolute atomic E-state index is 13.3. The Kier molecular flexibility index (Phi) is 7.78. The zero-order chi connectivity index (χ0) is 24.2. The van der Waals surface area contributed by atoms with Crippen LogP contribution >= 0.6 is 46.6 Å². The first-order valence-corrected chi connectivity index (χ1v) is 12.1. The third-order valence-corrected chi connectivity index (χ3v) is 6.74. The summed E-state index contributed by atoms with van der Waals surface area (Å²) in [6.07, 6.45) is -0.0361. The highest BCUT2D eigenvalue weighted by Crippen LogP contribution is 2.32. The number of hydrogen-bond donors (Lipinski definition) is 1. The van der Waals surface area contributed by atoms with Crippen molar-refractivity contribution in [3.63, 3.8) is 0 Å². The highest BCUT2D eigenvalue weighted by Gasteiger charge is 2.36. The Hall–Kier alpha value is -2.58. The number of amides is 2. The summed E-state index contributed by atoms with van der Waals surface area (Å²) >= 11 is 19.2. The number of nitrogens with one attached hydrogen (secondary N) is 1. The Morgan fingerprint density at radius 1 is 1.00 bits per heavy atom. The lowest BCUT2D eigenvalue weighted by atomic mass is 10.2. The molecule has 0 saturated carbocycles. The second-order valence-electron chi connectivity index (χ2n) is 7.44. The summed E-state index contributed by atoms with van der Waals surface area (Å²) < 4.78 is 13.3. The molecule has 1 N–H and O–H groups in total. The van der Waals surface area contributed by atoms with Crippen LogP contribution in [0.3, 0.4) is 0 Å². The zero-order valence-electron chi connectivity index (χ0n) is 17.5. The monoisotopic (exact) mass is 535 g/mol. The van der Waals surface area contributed by atoms with Gasteiger partial charge in [-0.25, -0.2) is 9.38 Å². The van der Waals surface area contributed by atoms with Crippen LogP contribution < -0.4 is 5.32 Å². The second-order valence-corrected chi connectivity index (χ2v) is 9.91. The molecule has 3 aromatic carbocycles. The molecule has 1 atom stereocenters. The maximum Gasteiger partial charge on any atom is 0.238 e. The van der Waals surface area contributed by atoms with Crippen molar-refractivity contribution in [1.29, 1.82) is 0 Å². The van der Waals surface area contributed by atoms with Crippen LogP contribution in [0.1, 0.15) is 12.0 Å². The van der Waals surface area contributed by atoms with Crippen molar-refractivity contribution in [3.8, 4) is 0 Å². The molecular formula is C24H17Cl3FN3O2S. The van der Waals surface area contributed by atoms with Crippen LogP contribution in [-0.4, -0.2) is 27.1 Å². The summed E-state index contributed by atoms with van der Waals surface area (Å²) in [7, 11) is 0. The summed E-state index contributed by atoms with van der Waals surface area (Å²) in [5, 5.41) is 3.71. The summed E-state index contributed by atoms with van der Waals surface area (Å²) in [5.74, 6) is -1.02. The first kappa shape index (κ1) is 24.5. The predicted molar refractivity (Wildman–Crippen MR) is 137 cm³/mol. The third-order valence-electron chi connectivity index (χ3n) is 4.87. The van der Waals surface area contributed by atoms with Gasteiger partial charge in [-0.05, 0) is 60.2 Å². The van der Waals surface area contributed by atoms with Gasteiger partial charge in [0.25, 0.3) is 0 Å². The van der Waals surface area contributed by atoms with Crippen molar-refractivity contribution in [2.24, 2.45) is 4.99 Å². The SMILES string of the molecule is O=C(Nc1cc(Cl)cc(Cl)c1)C1CC(=O)N(Cc2ccc(F)cc2)C(=Nc2ccc(Cl)cc2)S1. The molecule has 3 aromatic rings. The molecule has 0 bridgehead atoms. The molecule has 1 unspecified atom stereocenters. The molecule has 5 nitrogen and oxygen atoms in total. The van der Waals surface area contributed by atoms with Gasteiger partial charge in [-0.3, -0.25) is 14.5 Å². The second kappa shape index (κ2) is 10.8. The van der Waals surface area contributed by atoms with E-state index in [2.05, 4.69) is 10.3 Å². The molecule has 1 saturated heterocycles. The smallest absolute Gasteiger partial charge is 0.238 e. The summed E-state index contributed by atoms with van der Waals surface area (Å²) in [6.45, 7) is 0.191. The lowest BCUT2D eigenvalue weighted by molar-refractivity contribution is -0.129. The molecule has 4 rings (SSSR count). The van der Waals surface area contributed by atoms with Gasteiger partial charge in [-0.15, -0.1) is 0 Å². The topological polar surface area (TPSA) is 61.8 Å². The molecule has 1 aliphatic rings. The number of benzene rings is 3. The molecule has 0 aliphatic carbocycles. The van der Waals surface area contributed by atoms with Crippen molar-refractivity contribution in [2.75, 3.05) is 5.32 Å². The first-order chi connectivity index (χ1) is 16.3. The molecule has 10 heteroatoms. The van der Waals surface area contributed by atoms with Crippen LogP contribution in [0, 0.1) is 5.82 Å². The fraction of sp³-hybridized carbons (Fsp3) is 0.125. The Morgan fingerprint density at radius 3 is 2.29 bits per heavy atom. The van der Waals surface area contributed by atoms with E-state index in [4.69, 9.17) is 34.8 Å². The van der Waals surface area contributed by atoms with E-state index in [0.29, 0.717) is 31.6 Å². The van der Waals surface area contributed by atoms with Crippen molar-refractivity contribution >= 4 is 74.9 Å². The fourth-order valence-electron chi connectivity index (χ4n) is 3.24. The molecule has 1 aliphatic heterocycles. The largest absolute Gasteiger partial charge is 0.325 e. The van der Waals surface area contributed by atoms with Crippen LogP contribution in [0.25, 0.3) is 0 Å². The third kappa shape index (κ3) is 6.30. The molecule has 0 spiro atoms. The van der Waals surface area contributed by atoms with Gasteiger partial charge in [0, 0.05) is 27.2 Å². The molecule has 2 amide bonds. The Labute approximate surface area is 214 Å². The number of nitrogens with zero attached hydrogens (tertiary/aromatic N) is 2. The van der Waals surface area contributed by atoms with E-state index in [1.54, 1.807) is 54.6 Å². The van der Waals surface area contributed by atoms with Crippen LogP contribution in [0.5, 0.6) is 0 Å². The molecule has 34 heavy (non-hydrogen) atoms. The van der Waals surface area contributed by atoms with Gasteiger partial charge in [0.1, 0.15) is 11.1 Å². The number of carbonyl (C=O) groups is 2.